The zero-order valence-corrected chi connectivity index (χ0v) is 4.94. The molecule has 0 saturated carbocycles. The molecule has 0 aliphatic carbocycles. The molecule has 4 N–H and O–H groups in total. The van der Waals surface area contributed by atoms with Crippen LogP contribution in [-0.4, -0.2) is 12.7 Å². The van der Waals surface area contributed by atoms with E-state index in [1.807, 2.05) is 6.08 Å². The van der Waals surface area contributed by atoms with Gasteiger partial charge in [0.25, 0.3) is 0 Å². The molecule has 0 aromatic carbocycles. The summed E-state index contributed by atoms with van der Waals surface area (Å²) in [5.41, 5.74) is 5.44. The van der Waals surface area contributed by atoms with Gasteiger partial charge >= 0.3 is 0 Å². The first kappa shape index (κ1) is 5.44. The first-order chi connectivity index (χ1) is 3.79. The largest absolute Gasteiger partial charge is 0.386 e. The molecule has 1 aliphatic heterocycles. The van der Waals surface area contributed by atoms with Crippen LogP contribution in [0.4, 0.5) is 0 Å². The average molecular weight is 113 g/mol. The topological polar surface area (TPSA) is 50.1 Å². The minimum atomic E-state index is 0.413. The summed E-state index contributed by atoms with van der Waals surface area (Å²) >= 11 is 0. The van der Waals surface area contributed by atoms with Crippen molar-refractivity contribution in [1.82, 2.24) is 10.6 Å². The number of hydrogen-bond donors (Lipinski definition) is 3. The lowest BCUT2D eigenvalue weighted by atomic mass is 10.3. The Morgan fingerprint density at radius 1 is 1.88 bits per heavy atom. The molecular formula is C5H11N3. The highest BCUT2D eigenvalue weighted by molar-refractivity contribution is 5.02. The molecule has 0 spiro atoms. The molecule has 0 fully saturated rings. The molecule has 0 bridgehead atoms. The molecule has 0 radical (unpaired) electrons. The minimum absolute atomic E-state index is 0.413. The Balaban J connectivity index is 2.50. The molecule has 3 nitrogen and oxygen atoms in total. The molecule has 8 heavy (non-hydrogen) atoms. The van der Waals surface area contributed by atoms with E-state index < -0.39 is 0 Å². The van der Waals surface area contributed by atoms with Crippen molar-refractivity contribution in [2.75, 3.05) is 6.67 Å². The fraction of sp³-hybridized carbons (Fsp3) is 0.600. The van der Waals surface area contributed by atoms with E-state index in [4.69, 9.17) is 5.73 Å². The van der Waals surface area contributed by atoms with Crippen molar-refractivity contribution in [3.05, 3.63) is 11.9 Å². The normalized spacial score (nSPS) is 28.6. The third kappa shape index (κ3) is 1.13. The monoisotopic (exact) mass is 113 g/mol. The second-order valence-electron chi connectivity index (χ2n) is 1.97. The Morgan fingerprint density at radius 3 is 3.00 bits per heavy atom. The molecule has 1 aliphatic rings. The third-order valence-corrected chi connectivity index (χ3v) is 1.15. The number of nitrogens with one attached hydrogen (secondary N) is 2. The van der Waals surface area contributed by atoms with Crippen LogP contribution in [0.15, 0.2) is 11.9 Å². The SMILES string of the molecule is CC1C=C(N)NCN1. The zero-order chi connectivity index (χ0) is 5.98. The predicted octanol–water partition coefficient (Wildman–Crippen LogP) is -0.675. The van der Waals surface area contributed by atoms with Crippen LogP contribution in [0.2, 0.25) is 0 Å². The summed E-state index contributed by atoms with van der Waals surface area (Å²) in [6, 6.07) is 0.413. The van der Waals surface area contributed by atoms with E-state index in [2.05, 4.69) is 17.6 Å². The third-order valence-electron chi connectivity index (χ3n) is 1.15. The molecule has 1 heterocycles. The Bertz CT molecular complexity index is 108. The van der Waals surface area contributed by atoms with Crippen molar-refractivity contribution in [2.24, 2.45) is 5.73 Å². The van der Waals surface area contributed by atoms with Crippen molar-refractivity contribution in [3.63, 3.8) is 0 Å². The Labute approximate surface area is 48.9 Å². The second-order valence-corrected chi connectivity index (χ2v) is 1.97. The van der Waals surface area contributed by atoms with Gasteiger partial charge in [-0.15, -0.1) is 0 Å². The van der Waals surface area contributed by atoms with Gasteiger partial charge in [-0.3, -0.25) is 5.32 Å². The molecular weight excluding hydrogens is 102 g/mol. The van der Waals surface area contributed by atoms with Gasteiger partial charge in [-0.2, -0.15) is 0 Å². The Hall–Kier alpha value is -0.700. The van der Waals surface area contributed by atoms with Crippen LogP contribution in [0.5, 0.6) is 0 Å². The summed E-state index contributed by atoms with van der Waals surface area (Å²) in [7, 11) is 0. The van der Waals surface area contributed by atoms with Crippen LogP contribution < -0.4 is 16.4 Å². The summed E-state index contributed by atoms with van der Waals surface area (Å²) in [6.07, 6.45) is 1.95. The molecule has 0 aromatic heterocycles. The predicted molar refractivity (Wildman–Crippen MR) is 32.9 cm³/mol. The van der Waals surface area contributed by atoms with Crippen molar-refractivity contribution in [3.8, 4) is 0 Å². The second kappa shape index (κ2) is 2.05. The number of rotatable bonds is 0. The summed E-state index contributed by atoms with van der Waals surface area (Å²) in [5, 5.41) is 6.08. The van der Waals surface area contributed by atoms with Gasteiger partial charge in [0.2, 0.25) is 0 Å². The lowest BCUT2D eigenvalue weighted by Crippen LogP contribution is -2.41. The van der Waals surface area contributed by atoms with Crippen LogP contribution in [0.25, 0.3) is 0 Å². The molecule has 1 rings (SSSR count). The van der Waals surface area contributed by atoms with E-state index in [9.17, 15) is 0 Å². The summed E-state index contributed by atoms with van der Waals surface area (Å²) in [5.74, 6) is 0.774. The fourth-order valence-corrected chi connectivity index (χ4v) is 0.701. The van der Waals surface area contributed by atoms with Gasteiger partial charge in [0.05, 0.1) is 12.5 Å². The number of hydrogen-bond acceptors (Lipinski definition) is 3. The molecule has 1 unspecified atom stereocenters. The van der Waals surface area contributed by atoms with Gasteiger partial charge in [0.1, 0.15) is 0 Å². The van der Waals surface area contributed by atoms with Crippen LogP contribution >= 0.6 is 0 Å². The summed E-state index contributed by atoms with van der Waals surface area (Å²) in [4.78, 5) is 0. The van der Waals surface area contributed by atoms with Gasteiger partial charge in [0.15, 0.2) is 0 Å². The highest BCUT2D eigenvalue weighted by Gasteiger charge is 2.01. The maximum absolute atomic E-state index is 5.44. The summed E-state index contributed by atoms with van der Waals surface area (Å²) < 4.78 is 0. The standard InChI is InChI=1S/C5H11N3/c1-4-2-5(6)8-3-7-4/h2,4,7-8H,3,6H2,1H3. The maximum atomic E-state index is 5.44. The van der Waals surface area contributed by atoms with E-state index in [-0.39, 0.29) is 0 Å². The lowest BCUT2D eigenvalue weighted by Gasteiger charge is -2.18. The van der Waals surface area contributed by atoms with Gasteiger partial charge in [-0.25, -0.2) is 0 Å². The zero-order valence-electron chi connectivity index (χ0n) is 4.94. The van der Waals surface area contributed by atoms with Crippen LogP contribution in [-0.2, 0) is 0 Å². The molecule has 0 saturated heterocycles. The first-order valence-electron chi connectivity index (χ1n) is 2.73. The smallest absolute Gasteiger partial charge is 0.0944 e. The van der Waals surface area contributed by atoms with Crippen LogP contribution in [0.1, 0.15) is 6.92 Å². The van der Waals surface area contributed by atoms with E-state index in [1.165, 1.54) is 0 Å². The molecule has 46 valence electrons. The average Bonchev–Trinajstić information content (AvgIpc) is 1.64. The quantitative estimate of drug-likeness (QED) is 0.390. The van der Waals surface area contributed by atoms with Crippen molar-refractivity contribution < 1.29 is 0 Å². The first-order valence-corrected chi connectivity index (χ1v) is 2.73. The van der Waals surface area contributed by atoms with E-state index in [0.29, 0.717) is 6.04 Å². The van der Waals surface area contributed by atoms with E-state index in [0.717, 1.165) is 12.5 Å². The van der Waals surface area contributed by atoms with Gasteiger partial charge in [0, 0.05) is 6.04 Å². The molecule has 0 amide bonds. The lowest BCUT2D eigenvalue weighted by molar-refractivity contribution is 0.550. The Morgan fingerprint density at radius 2 is 2.62 bits per heavy atom. The Kier molecular flexibility index (Phi) is 1.39. The van der Waals surface area contributed by atoms with Gasteiger partial charge < -0.3 is 11.1 Å². The highest BCUT2D eigenvalue weighted by Crippen LogP contribution is 1.89. The van der Waals surface area contributed by atoms with Crippen molar-refractivity contribution in [1.29, 1.82) is 0 Å². The molecule has 3 heteroatoms. The van der Waals surface area contributed by atoms with E-state index in [1.54, 1.807) is 0 Å². The van der Waals surface area contributed by atoms with Crippen molar-refractivity contribution in [2.45, 2.75) is 13.0 Å². The maximum Gasteiger partial charge on any atom is 0.0944 e. The van der Waals surface area contributed by atoms with Gasteiger partial charge in [-0.1, -0.05) is 0 Å². The minimum Gasteiger partial charge on any atom is -0.386 e. The molecule has 1 atom stereocenters. The van der Waals surface area contributed by atoms with Crippen molar-refractivity contribution >= 4 is 0 Å². The van der Waals surface area contributed by atoms with Crippen LogP contribution in [0.3, 0.4) is 0 Å². The highest BCUT2D eigenvalue weighted by atomic mass is 15.1. The fourth-order valence-electron chi connectivity index (χ4n) is 0.701. The van der Waals surface area contributed by atoms with Crippen LogP contribution in [0, 0.1) is 0 Å². The van der Waals surface area contributed by atoms with Gasteiger partial charge in [-0.05, 0) is 13.0 Å². The summed E-state index contributed by atoms with van der Waals surface area (Å²) in [6.45, 7) is 2.84. The molecule has 0 aromatic rings. The number of nitrogens with two attached hydrogens (primary N) is 1. The van der Waals surface area contributed by atoms with E-state index >= 15 is 0 Å².